The molecule has 0 aliphatic carbocycles. The minimum Gasteiger partial charge on any atom is -0.313 e. The molecule has 0 fully saturated rings. The van der Waals surface area contributed by atoms with Gasteiger partial charge in [-0.1, -0.05) is 23.3 Å². The molecule has 5 nitrogen and oxygen atoms in total. The van der Waals surface area contributed by atoms with Crippen LogP contribution in [0.3, 0.4) is 0 Å². The van der Waals surface area contributed by atoms with E-state index in [4.69, 9.17) is 16.9 Å². The van der Waals surface area contributed by atoms with Gasteiger partial charge in [-0.25, -0.2) is 13.1 Å². The Balaban J connectivity index is 0.00000220. The number of nitrogens with one attached hydrogen (secondary N) is 2. The first-order chi connectivity index (χ1) is 9.53. The molecular formula is C13H15Cl2N3O2S. The van der Waals surface area contributed by atoms with Crippen LogP contribution in [0.1, 0.15) is 12.0 Å². The van der Waals surface area contributed by atoms with Crippen LogP contribution in [0.2, 0.25) is 5.02 Å². The SMILES string of the molecule is Cl.N#Cc1ccc(S(=O)(=O)NCC2=CCNCC2)c(Cl)c1. The topological polar surface area (TPSA) is 82.0 Å². The third-order valence-corrected chi connectivity index (χ3v) is 4.88. The summed E-state index contributed by atoms with van der Waals surface area (Å²) < 4.78 is 26.9. The molecule has 0 amide bonds. The summed E-state index contributed by atoms with van der Waals surface area (Å²) in [7, 11) is -3.67. The molecule has 1 aliphatic rings. The summed E-state index contributed by atoms with van der Waals surface area (Å²) in [5.74, 6) is 0. The van der Waals surface area contributed by atoms with Gasteiger partial charge in [0, 0.05) is 13.1 Å². The standard InChI is InChI=1S/C13H14ClN3O2S.ClH/c14-12-7-11(8-15)1-2-13(12)20(18,19)17-9-10-3-5-16-6-4-10;/h1-3,7,16-17H,4-6,9H2;1H. The minimum absolute atomic E-state index is 0. The average Bonchev–Trinajstić information content (AvgIpc) is 2.46. The van der Waals surface area contributed by atoms with E-state index in [-0.39, 0.29) is 28.9 Å². The molecule has 0 radical (unpaired) electrons. The number of nitrogens with zero attached hydrogens (tertiary/aromatic N) is 1. The van der Waals surface area contributed by atoms with Gasteiger partial charge in [0.05, 0.1) is 16.7 Å². The molecule has 0 unspecified atom stereocenters. The van der Waals surface area contributed by atoms with Crippen LogP contribution in [0.4, 0.5) is 0 Å². The second kappa shape index (κ2) is 7.78. The zero-order valence-corrected chi connectivity index (χ0v) is 13.5. The number of rotatable bonds is 4. The van der Waals surface area contributed by atoms with E-state index in [1.165, 1.54) is 18.2 Å². The van der Waals surface area contributed by atoms with Crippen LogP contribution in [-0.2, 0) is 10.0 Å². The lowest BCUT2D eigenvalue weighted by molar-refractivity contribution is 0.582. The molecule has 0 saturated heterocycles. The van der Waals surface area contributed by atoms with Crippen molar-refractivity contribution in [3.63, 3.8) is 0 Å². The van der Waals surface area contributed by atoms with Crippen molar-refractivity contribution in [3.8, 4) is 6.07 Å². The Morgan fingerprint density at radius 2 is 2.19 bits per heavy atom. The molecule has 0 aromatic heterocycles. The van der Waals surface area contributed by atoms with Gasteiger partial charge < -0.3 is 5.32 Å². The lowest BCUT2D eigenvalue weighted by Crippen LogP contribution is -2.29. The van der Waals surface area contributed by atoms with Crippen molar-refractivity contribution in [2.75, 3.05) is 19.6 Å². The predicted molar refractivity (Wildman–Crippen MR) is 84.2 cm³/mol. The summed E-state index contributed by atoms with van der Waals surface area (Å²) in [5, 5.41) is 12.0. The van der Waals surface area contributed by atoms with E-state index in [1.54, 1.807) is 0 Å². The maximum Gasteiger partial charge on any atom is 0.242 e. The van der Waals surface area contributed by atoms with Crippen LogP contribution in [0, 0.1) is 11.3 Å². The number of hydrogen-bond donors (Lipinski definition) is 2. The van der Waals surface area contributed by atoms with Gasteiger partial charge in [-0.15, -0.1) is 12.4 Å². The fourth-order valence-electron chi connectivity index (χ4n) is 1.88. The van der Waals surface area contributed by atoms with Crippen LogP contribution in [0.15, 0.2) is 34.7 Å². The van der Waals surface area contributed by atoms with E-state index < -0.39 is 10.0 Å². The van der Waals surface area contributed by atoms with Crippen molar-refractivity contribution in [2.45, 2.75) is 11.3 Å². The molecule has 1 heterocycles. The van der Waals surface area contributed by atoms with Crippen molar-refractivity contribution in [2.24, 2.45) is 0 Å². The summed E-state index contributed by atoms with van der Waals surface area (Å²) in [6, 6.07) is 6.04. The summed E-state index contributed by atoms with van der Waals surface area (Å²) in [5.41, 5.74) is 1.38. The smallest absolute Gasteiger partial charge is 0.242 e. The largest absolute Gasteiger partial charge is 0.313 e. The molecule has 0 spiro atoms. The molecule has 2 N–H and O–H groups in total. The Morgan fingerprint density at radius 3 is 2.76 bits per heavy atom. The van der Waals surface area contributed by atoms with Gasteiger partial charge in [0.1, 0.15) is 4.90 Å². The summed E-state index contributed by atoms with van der Waals surface area (Å²) in [6.45, 7) is 1.89. The van der Waals surface area contributed by atoms with E-state index in [0.717, 1.165) is 25.1 Å². The van der Waals surface area contributed by atoms with E-state index >= 15 is 0 Å². The molecule has 8 heteroatoms. The number of nitriles is 1. The number of halogens is 2. The van der Waals surface area contributed by atoms with Crippen molar-refractivity contribution in [1.82, 2.24) is 10.0 Å². The fraction of sp³-hybridized carbons (Fsp3) is 0.308. The molecule has 114 valence electrons. The van der Waals surface area contributed by atoms with Crippen LogP contribution in [0.5, 0.6) is 0 Å². The Bertz CT molecular complexity index is 681. The first-order valence-corrected chi connectivity index (χ1v) is 7.97. The molecule has 1 aromatic carbocycles. The maximum atomic E-state index is 12.2. The molecule has 0 saturated carbocycles. The maximum absolute atomic E-state index is 12.2. The highest BCUT2D eigenvalue weighted by Gasteiger charge is 2.18. The Kier molecular flexibility index (Phi) is 6.65. The van der Waals surface area contributed by atoms with Crippen LogP contribution in [-0.4, -0.2) is 28.1 Å². The van der Waals surface area contributed by atoms with Crippen LogP contribution < -0.4 is 10.0 Å². The minimum atomic E-state index is -3.67. The van der Waals surface area contributed by atoms with E-state index in [0.29, 0.717) is 5.56 Å². The highest BCUT2D eigenvalue weighted by molar-refractivity contribution is 7.89. The van der Waals surface area contributed by atoms with E-state index in [2.05, 4.69) is 10.0 Å². The van der Waals surface area contributed by atoms with Gasteiger partial charge in [0.15, 0.2) is 0 Å². The van der Waals surface area contributed by atoms with Crippen molar-refractivity contribution in [1.29, 1.82) is 5.26 Å². The highest BCUT2D eigenvalue weighted by atomic mass is 35.5. The summed E-state index contributed by atoms with van der Waals surface area (Å²) in [4.78, 5) is -0.00676. The number of hydrogen-bond acceptors (Lipinski definition) is 4. The molecule has 0 bridgehead atoms. The van der Waals surface area contributed by atoms with Gasteiger partial charge in [-0.05, 0) is 31.2 Å². The monoisotopic (exact) mass is 347 g/mol. The van der Waals surface area contributed by atoms with Gasteiger partial charge in [0.2, 0.25) is 10.0 Å². The van der Waals surface area contributed by atoms with Crippen molar-refractivity contribution < 1.29 is 8.42 Å². The first-order valence-electron chi connectivity index (χ1n) is 6.11. The van der Waals surface area contributed by atoms with Crippen LogP contribution >= 0.6 is 24.0 Å². The third-order valence-electron chi connectivity index (χ3n) is 3.00. The second-order valence-corrected chi connectivity index (χ2v) is 6.54. The molecule has 1 aliphatic heterocycles. The van der Waals surface area contributed by atoms with Crippen molar-refractivity contribution in [3.05, 3.63) is 40.4 Å². The normalized spacial score (nSPS) is 14.8. The summed E-state index contributed by atoms with van der Waals surface area (Å²) in [6.07, 6.45) is 2.80. The average molecular weight is 348 g/mol. The highest BCUT2D eigenvalue weighted by Crippen LogP contribution is 2.22. The Morgan fingerprint density at radius 1 is 1.43 bits per heavy atom. The van der Waals surface area contributed by atoms with Crippen molar-refractivity contribution >= 4 is 34.0 Å². The molecule has 21 heavy (non-hydrogen) atoms. The zero-order valence-electron chi connectivity index (χ0n) is 11.1. The van der Waals surface area contributed by atoms with E-state index in [9.17, 15) is 8.42 Å². The van der Waals surface area contributed by atoms with Gasteiger partial charge >= 0.3 is 0 Å². The summed E-state index contributed by atoms with van der Waals surface area (Å²) >= 11 is 5.92. The van der Waals surface area contributed by atoms with Gasteiger partial charge in [0.25, 0.3) is 0 Å². The molecule has 0 atom stereocenters. The predicted octanol–water partition coefficient (Wildman–Crippen LogP) is 1.83. The first kappa shape index (κ1) is 18.0. The quantitative estimate of drug-likeness (QED) is 0.814. The van der Waals surface area contributed by atoms with Gasteiger partial charge in [-0.2, -0.15) is 5.26 Å². The lowest BCUT2D eigenvalue weighted by atomic mass is 10.1. The van der Waals surface area contributed by atoms with Crippen LogP contribution in [0.25, 0.3) is 0 Å². The number of sulfonamides is 1. The molecule has 1 aromatic rings. The second-order valence-electron chi connectivity index (χ2n) is 4.40. The zero-order chi connectivity index (χ0) is 14.6. The fourth-order valence-corrected chi connectivity index (χ4v) is 3.46. The Labute approximate surface area is 135 Å². The molecular weight excluding hydrogens is 333 g/mol. The molecule has 2 rings (SSSR count). The lowest BCUT2D eigenvalue weighted by Gasteiger charge is -2.15. The third kappa shape index (κ3) is 4.70. The Hall–Kier alpha value is -1.10. The van der Waals surface area contributed by atoms with Gasteiger partial charge in [-0.3, -0.25) is 0 Å². The number of benzene rings is 1. The van der Waals surface area contributed by atoms with E-state index in [1.807, 2.05) is 12.1 Å².